The number of hydrogen-bond acceptors (Lipinski definition) is 7. The van der Waals surface area contributed by atoms with Crippen molar-refractivity contribution in [2.45, 2.75) is 45.5 Å². The van der Waals surface area contributed by atoms with Gasteiger partial charge in [-0.1, -0.05) is 20.8 Å². The average Bonchev–Trinajstić information content (AvgIpc) is 2.85. The number of nitrogens with zero attached hydrogens (tertiary/aromatic N) is 4. The second kappa shape index (κ2) is 5.78. The molecular weight excluding hydrogens is 302 g/mol. The summed E-state index contributed by atoms with van der Waals surface area (Å²) in [4.78, 5) is 9.36. The zero-order valence-electron chi connectivity index (χ0n) is 13.0. The van der Waals surface area contributed by atoms with Gasteiger partial charge >= 0.3 is 0 Å². The lowest BCUT2D eigenvalue weighted by Crippen LogP contribution is -2.40. The zero-order chi connectivity index (χ0) is 15.7. The molecule has 0 aliphatic carbocycles. The van der Waals surface area contributed by atoms with E-state index in [1.807, 2.05) is 6.20 Å². The van der Waals surface area contributed by atoms with Crippen LogP contribution in [0.2, 0.25) is 18.1 Å². The van der Waals surface area contributed by atoms with Crippen LogP contribution in [0.4, 0.5) is 5.95 Å². The highest BCUT2D eigenvalue weighted by Gasteiger charge is 2.37. The molecule has 0 radical (unpaired) electrons. The highest BCUT2D eigenvalue weighted by molar-refractivity contribution is 7.15. The van der Waals surface area contributed by atoms with Crippen LogP contribution in [-0.2, 0) is 11.0 Å². The van der Waals surface area contributed by atoms with Crippen LogP contribution in [0.1, 0.15) is 25.6 Å². The summed E-state index contributed by atoms with van der Waals surface area (Å²) in [6.07, 6.45) is 3.41. The fourth-order valence-corrected chi connectivity index (χ4v) is 3.17. The molecule has 0 saturated heterocycles. The lowest BCUT2D eigenvalue weighted by Gasteiger charge is -2.35. The Morgan fingerprint density at radius 1 is 1.19 bits per heavy atom. The Labute approximate surface area is 129 Å². The van der Waals surface area contributed by atoms with Gasteiger partial charge in [0.15, 0.2) is 8.32 Å². The minimum Gasteiger partial charge on any atom is -0.412 e. The van der Waals surface area contributed by atoms with Crippen molar-refractivity contribution in [2.75, 3.05) is 5.73 Å². The van der Waals surface area contributed by atoms with Crippen LogP contribution in [0, 0.1) is 0 Å². The lowest BCUT2D eigenvalue weighted by atomic mass is 10.2. The molecule has 114 valence electrons. The van der Waals surface area contributed by atoms with E-state index in [0.29, 0.717) is 12.3 Å². The summed E-state index contributed by atoms with van der Waals surface area (Å²) in [5, 5.41) is 8.71. The Balaban J connectivity index is 2.06. The third-order valence-electron chi connectivity index (χ3n) is 3.73. The molecule has 2 rings (SSSR count). The van der Waals surface area contributed by atoms with Crippen LogP contribution < -0.4 is 5.73 Å². The van der Waals surface area contributed by atoms with Crippen LogP contribution in [0.3, 0.4) is 0 Å². The van der Waals surface area contributed by atoms with Gasteiger partial charge in [-0.3, -0.25) is 0 Å². The third-order valence-corrected chi connectivity index (χ3v) is 9.21. The third kappa shape index (κ3) is 3.83. The van der Waals surface area contributed by atoms with Crippen LogP contribution in [0.5, 0.6) is 0 Å². The summed E-state index contributed by atoms with van der Waals surface area (Å²) >= 11 is 1.55. The van der Waals surface area contributed by atoms with Crippen molar-refractivity contribution in [3.05, 3.63) is 17.3 Å². The van der Waals surface area contributed by atoms with Gasteiger partial charge in [-0.2, -0.15) is 0 Å². The van der Waals surface area contributed by atoms with Crippen molar-refractivity contribution in [3.8, 4) is 10.7 Å². The standard InChI is InChI=1S/C13H21N5OSSi/c1-13(2,3)21(4,5)19-8-9-6-15-11(20-9)10-7-16-12(14)18-17-10/h6-7H,8H2,1-5H3,(H2,14,16,18). The Bertz CT molecular complexity index is 606. The van der Waals surface area contributed by atoms with Crippen molar-refractivity contribution in [1.29, 1.82) is 0 Å². The molecule has 2 aromatic heterocycles. The number of anilines is 1. The van der Waals surface area contributed by atoms with E-state index in [9.17, 15) is 0 Å². The monoisotopic (exact) mass is 323 g/mol. The van der Waals surface area contributed by atoms with Crippen molar-refractivity contribution >= 4 is 25.6 Å². The summed E-state index contributed by atoms with van der Waals surface area (Å²) in [5.41, 5.74) is 6.06. The first kappa shape index (κ1) is 16.0. The molecule has 2 N–H and O–H groups in total. The van der Waals surface area contributed by atoms with Crippen LogP contribution in [0.15, 0.2) is 12.4 Å². The fourth-order valence-electron chi connectivity index (χ4n) is 1.34. The first-order valence-electron chi connectivity index (χ1n) is 6.73. The Kier molecular flexibility index (Phi) is 4.40. The molecule has 0 amide bonds. The molecule has 0 spiro atoms. The molecule has 21 heavy (non-hydrogen) atoms. The number of nitrogen functional groups attached to an aromatic ring is 1. The molecule has 0 atom stereocenters. The molecule has 0 aliphatic rings. The Hall–Kier alpha value is -1.38. The molecule has 0 aliphatic heterocycles. The van der Waals surface area contributed by atoms with Gasteiger partial charge in [0.05, 0.1) is 12.8 Å². The van der Waals surface area contributed by atoms with E-state index >= 15 is 0 Å². The van der Waals surface area contributed by atoms with Gasteiger partial charge in [-0.05, 0) is 18.1 Å². The van der Waals surface area contributed by atoms with Gasteiger partial charge in [0.25, 0.3) is 0 Å². The molecule has 0 bridgehead atoms. The van der Waals surface area contributed by atoms with Crippen molar-refractivity contribution < 1.29 is 4.43 Å². The second-order valence-corrected chi connectivity index (χ2v) is 12.3. The SMILES string of the molecule is CC(C)(C)[Si](C)(C)OCc1cnc(-c2cnc(N)nn2)s1. The van der Waals surface area contributed by atoms with Crippen molar-refractivity contribution in [2.24, 2.45) is 0 Å². The number of thiazole rings is 1. The quantitative estimate of drug-likeness (QED) is 0.870. The molecule has 0 saturated carbocycles. The molecular formula is C13H21N5OSSi. The lowest BCUT2D eigenvalue weighted by molar-refractivity contribution is 0.279. The largest absolute Gasteiger partial charge is 0.412 e. The smallest absolute Gasteiger partial charge is 0.240 e. The van der Waals surface area contributed by atoms with E-state index in [-0.39, 0.29) is 11.0 Å². The summed E-state index contributed by atoms with van der Waals surface area (Å²) in [6, 6.07) is 0. The Morgan fingerprint density at radius 2 is 1.90 bits per heavy atom. The van der Waals surface area contributed by atoms with Gasteiger partial charge < -0.3 is 10.2 Å². The van der Waals surface area contributed by atoms with E-state index < -0.39 is 8.32 Å². The number of nitrogens with two attached hydrogens (primary N) is 1. The van der Waals surface area contributed by atoms with Gasteiger partial charge in [0, 0.05) is 11.1 Å². The molecule has 8 heteroatoms. The van der Waals surface area contributed by atoms with Crippen molar-refractivity contribution in [1.82, 2.24) is 20.2 Å². The zero-order valence-corrected chi connectivity index (χ0v) is 14.9. The van der Waals surface area contributed by atoms with Crippen LogP contribution in [-0.4, -0.2) is 28.5 Å². The fraction of sp³-hybridized carbons (Fsp3) is 0.538. The van der Waals surface area contributed by atoms with Crippen LogP contribution in [0.25, 0.3) is 10.7 Å². The minimum absolute atomic E-state index is 0.164. The summed E-state index contributed by atoms with van der Waals surface area (Å²) in [6.45, 7) is 11.8. The summed E-state index contributed by atoms with van der Waals surface area (Å²) < 4.78 is 6.19. The molecule has 6 nitrogen and oxygen atoms in total. The van der Waals surface area contributed by atoms with E-state index in [4.69, 9.17) is 10.2 Å². The number of rotatable bonds is 4. The van der Waals surface area contributed by atoms with Crippen LogP contribution >= 0.6 is 11.3 Å². The molecule has 0 aromatic carbocycles. The maximum atomic E-state index is 6.19. The predicted molar refractivity (Wildman–Crippen MR) is 87.3 cm³/mol. The molecule has 0 fully saturated rings. The van der Waals surface area contributed by atoms with E-state index in [1.54, 1.807) is 17.5 Å². The normalized spacial score (nSPS) is 12.6. The van der Waals surface area contributed by atoms with Gasteiger partial charge in [0.1, 0.15) is 10.7 Å². The number of aromatic nitrogens is 4. The Morgan fingerprint density at radius 3 is 2.48 bits per heavy atom. The summed E-state index contributed by atoms with van der Waals surface area (Å²) in [5.74, 6) is 0.164. The van der Waals surface area contributed by atoms with E-state index in [2.05, 4.69) is 54.0 Å². The minimum atomic E-state index is -1.74. The van der Waals surface area contributed by atoms with Crippen molar-refractivity contribution in [3.63, 3.8) is 0 Å². The second-order valence-electron chi connectivity index (χ2n) is 6.38. The molecule has 2 heterocycles. The maximum absolute atomic E-state index is 6.19. The first-order valence-corrected chi connectivity index (χ1v) is 10.5. The van der Waals surface area contributed by atoms with Gasteiger partial charge in [-0.15, -0.1) is 21.5 Å². The summed E-state index contributed by atoms with van der Waals surface area (Å²) in [7, 11) is -1.74. The maximum Gasteiger partial charge on any atom is 0.240 e. The van der Waals surface area contributed by atoms with Gasteiger partial charge in [-0.25, -0.2) is 9.97 Å². The predicted octanol–water partition coefficient (Wildman–Crippen LogP) is 3.10. The van der Waals surface area contributed by atoms with Gasteiger partial charge in [0.2, 0.25) is 5.95 Å². The molecule has 0 unspecified atom stereocenters. The highest BCUT2D eigenvalue weighted by Crippen LogP contribution is 2.37. The molecule has 2 aromatic rings. The topological polar surface area (TPSA) is 86.8 Å². The average molecular weight is 323 g/mol. The highest BCUT2D eigenvalue weighted by atomic mass is 32.1. The first-order chi connectivity index (χ1) is 9.69. The van der Waals surface area contributed by atoms with E-state index in [1.165, 1.54) is 0 Å². The number of hydrogen-bond donors (Lipinski definition) is 1. The van der Waals surface area contributed by atoms with E-state index in [0.717, 1.165) is 9.88 Å².